The molecule has 0 saturated heterocycles. The number of fused-ring (bicyclic) bond motifs is 1. The first-order chi connectivity index (χ1) is 18.6. The number of carboxylic acid groups (broad SMARTS) is 1. The number of nitrogens with one attached hydrogen (secondary N) is 2. The van der Waals surface area contributed by atoms with Crippen LogP contribution in [0, 0.1) is 0 Å². The molecule has 38 heavy (non-hydrogen) atoms. The van der Waals surface area contributed by atoms with Crippen molar-refractivity contribution in [1.82, 2.24) is 19.9 Å². The third-order valence-electron chi connectivity index (χ3n) is 6.80. The largest absolute Gasteiger partial charge is 0.480 e. The van der Waals surface area contributed by atoms with Crippen LogP contribution < -0.4 is 10.6 Å². The maximum absolute atomic E-state index is 12.0. The quantitative estimate of drug-likeness (QED) is 0.256. The first kappa shape index (κ1) is 27.5. The predicted molar refractivity (Wildman–Crippen MR) is 149 cm³/mol. The van der Waals surface area contributed by atoms with E-state index in [4.69, 9.17) is 9.72 Å². The van der Waals surface area contributed by atoms with Gasteiger partial charge in [-0.3, -0.25) is 4.98 Å². The van der Waals surface area contributed by atoms with Gasteiger partial charge in [-0.2, -0.15) is 0 Å². The van der Waals surface area contributed by atoms with Crippen molar-refractivity contribution in [1.29, 1.82) is 0 Å². The molecule has 0 spiro atoms. The topological polar surface area (TPSA) is 113 Å². The minimum Gasteiger partial charge on any atom is -0.480 e. The number of ether oxygens (including phenoxy) is 1. The molecule has 0 aliphatic carbocycles. The van der Waals surface area contributed by atoms with Crippen LogP contribution in [-0.4, -0.2) is 76.9 Å². The number of nitrogens with zero attached hydrogens (tertiary/aromatic N) is 4. The molecule has 1 atom stereocenters. The molecule has 0 amide bonds. The number of carboxylic acids is 1. The molecule has 3 heterocycles. The molecule has 0 radical (unpaired) electrons. The molecule has 0 saturated carbocycles. The number of hydrogen-bond donors (Lipinski definition) is 3. The number of benzene rings is 1. The second-order valence-electron chi connectivity index (χ2n) is 9.61. The van der Waals surface area contributed by atoms with E-state index in [9.17, 15) is 9.90 Å². The number of unbranched alkanes of at least 4 members (excludes halogenated alkanes) is 1. The van der Waals surface area contributed by atoms with Crippen LogP contribution in [0.4, 0.5) is 11.6 Å². The van der Waals surface area contributed by atoms with E-state index in [0.29, 0.717) is 25.4 Å². The summed E-state index contributed by atoms with van der Waals surface area (Å²) < 4.78 is 5.29. The molecule has 0 unspecified atom stereocenters. The number of aryl methyl sites for hydroxylation is 2. The molecule has 3 N–H and O–H groups in total. The van der Waals surface area contributed by atoms with Gasteiger partial charge in [0.1, 0.15) is 17.7 Å². The molecule has 9 nitrogen and oxygen atoms in total. The summed E-state index contributed by atoms with van der Waals surface area (Å²) >= 11 is 0. The Morgan fingerprint density at radius 1 is 1.11 bits per heavy atom. The van der Waals surface area contributed by atoms with Crippen LogP contribution in [0.5, 0.6) is 0 Å². The molecule has 0 fully saturated rings. The molecule has 1 aliphatic rings. The van der Waals surface area contributed by atoms with Crippen molar-refractivity contribution < 1.29 is 14.6 Å². The lowest BCUT2D eigenvalue weighted by atomic mass is 10.1. The van der Waals surface area contributed by atoms with Gasteiger partial charge in [0.25, 0.3) is 0 Å². The van der Waals surface area contributed by atoms with Crippen LogP contribution in [0.3, 0.4) is 0 Å². The Labute approximate surface area is 224 Å². The lowest BCUT2D eigenvalue weighted by molar-refractivity contribution is -0.138. The van der Waals surface area contributed by atoms with Crippen LogP contribution >= 0.6 is 0 Å². The Morgan fingerprint density at radius 2 is 1.97 bits per heavy atom. The van der Waals surface area contributed by atoms with E-state index in [0.717, 1.165) is 74.5 Å². The summed E-state index contributed by atoms with van der Waals surface area (Å²) in [6.45, 7) is 3.88. The molecular weight excluding hydrogens is 480 g/mol. The second kappa shape index (κ2) is 14.4. The third-order valence-corrected chi connectivity index (χ3v) is 6.80. The Hall–Kier alpha value is -3.56. The summed E-state index contributed by atoms with van der Waals surface area (Å²) in [5, 5.41) is 16.3. The van der Waals surface area contributed by atoms with Gasteiger partial charge < -0.3 is 25.4 Å². The SMILES string of the molecule is COCCN(CCCCc1ccc2c(n1)NCCC2)CC[C@H](Nc1cnc(-c2ccccc2)cn1)C(=O)O. The molecule has 2 aromatic heterocycles. The molecule has 3 aromatic rings. The first-order valence-corrected chi connectivity index (χ1v) is 13.4. The summed E-state index contributed by atoms with van der Waals surface area (Å²) in [6, 6.07) is 13.4. The maximum atomic E-state index is 12.0. The number of anilines is 2. The molecule has 9 heteroatoms. The highest BCUT2D eigenvalue weighted by Crippen LogP contribution is 2.20. The zero-order valence-electron chi connectivity index (χ0n) is 22.1. The smallest absolute Gasteiger partial charge is 0.326 e. The minimum atomic E-state index is -0.905. The molecular formula is C29H38N6O3. The predicted octanol–water partition coefficient (Wildman–Crippen LogP) is 4.12. The zero-order chi connectivity index (χ0) is 26.6. The minimum absolute atomic E-state index is 0.444. The zero-order valence-corrected chi connectivity index (χ0v) is 22.1. The first-order valence-electron chi connectivity index (χ1n) is 13.4. The van der Waals surface area contributed by atoms with Gasteiger partial charge in [-0.1, -0.05) is 36.4 Å². The van der Waals surface area contributed by atoms with Crippen molar-refractivity contribution in [3.05, 3.63) is 66.1 Å². The van der Waals surface area contributed by atoms with Gasteiger partial charge in [-0.15, -0.1) is 0 Å². The number of pyridine rings is 1. The van der Waals surface area contributed by atoms with Gasteiger partial charge in [0.05, 0.1) is 24.7 Å². The lowest BCUT2D eigenvalue weighted by Crippen LogP contribution is -2.37. The van der Waals surface area contributed by atoms with Crippen LogP contribution in [-0.2, 0) is 22.4 Å². The summed E-state index contributed by atoms with van der Waals surface area (Å²) in [7, 11) is 1.69. The van der Waals surface area contributed by atoms with Crippen LogP contribution in [0.15, 0.2) is 54.9 Å². The Kier molecular flexibility index (Phi) is 10.4. The number of methoxy groups -OCH3 is 1. The number of hydrogen-bond acceptors (Lipinski definition) is 8. The summed E-state index contributed by atoms with van der Waals surface area (Å²) in [5.74, 6) is 0.590. The fraction of sp³-hybridized carbons (Fsp3) is 0.448. The van der Waals surface area contributed by atoms with Crippen LogP contribution in [0.1, 0.15) is 36.9 Å². The Morgan fingerprint density at radius 3 is 2.74 bits per heavy atom. The van der Waals surface area contributed by atoms with Gasteiger partial charge in [-0.05, 0) is 56.7 Å². The van der Waals surface area contributed by atoms with E-state index in [-0.39, 0.29) is 0 Å². The van der Waals surface area contributed by atoms with E-state index < -0.39 is 12.0 Å². The lowest BCUT2D eigenvalue weighted by Gasteiger charge is -2.24. The van der Waals surface area contributed by atoms with E-state index in [1.54, 1.807) is 19.5 Å². The molecule has 202 valence electrons. The fourth-order valence-electron chi connectivity index (χ4n) is 4.61. The van der Waals surface area contributed by atoms with Gasteiger partial charge in [0.15, 0.2) is 0 Å². The van der Waals surface area contributed by atoms with Gasteiger partial charge >= 0.3 is 5.97 Å². The van der Waals surface area contributed by atoms with Crippen molar-refractivity contribution in [3.8, 4) is 11.3 Å². The summed E-state index contributed by atoms with van der Waals surface area (Å²) in [5.41, 5.74) is 4.14. The monoisotopic (exact) mass is 518 g/mol. The van der Waals surface area contributed by atoms with Crippen molar-refractivity contribution in [3.63, 3.8) is 0 Å². The second-order valence-corrected chi connectivity index (χ2v) is 9.61. The average molecular weight is 519 g/mol. The van der Waals surface area contributed by atoms with Gasteiger partial charge in [0.2, 0.25) is 0 Å². The normalized spacial score (nSPS) is 13.5. The van der Waals surface area contributed by atoms with E-state index in [2.05, 4.69) is 37.6 Å². The van der Waals surface area contributed by atoms with Crippen molar-refractivity contribution >= 4 is 17.6 Å². The summed E-state index contributed by atoms with van der Waals surface area (Å²) in [4.78, 5) is 27.9. The fourth-order valence-corrected chi connectivity index (χ4v) is 4.61. The number of aliphatic carboxylic acids is 1. The van der Waals surface area contributed by atoms with E-state index in [1.807, 2.05) is 30.3 Å². The van der Waals surface area contributed by atoms with Crippen LogP contribution in [0.2, 0.25) is 0 Å². The van der Waals surface area contributed by atoms with Crippen LogP contribution in [0.25, 0.3) is 11.3 Å². The van der Waals surface area contributed by atoms with Gasteiger partial charge in [0, 0.05) is 38.0 Å². The number of rotatable bonds is 15. The van der Waals surface area contributed by atoms with Gasteiger partial charge in [-0.25, -0.2) is 14.8 Å². The highest BCUT2D eigenvalue weighted by atomic mass is 16.5. The van der Waals surface area contributed by atoms with Crippen molar-refractivity contribution in [2.45, 2.75) is 44.6 Å². The standard InChI is InChI=1S/C29H38N6O3/c1-38-19-18-35(16-6-5-11-24-13-12-23-10-7-15-30-28(23)33-24)17-14-25(29(36)37)34-27-21-31-26(20-32-27)22-8-3-2-4-9-22/h2-4,8-9,12-13,20-21,25H,5-7,10-11,14-19H2,1H3,(H,30,33)(H,32,34)(H,36,37)/t25-/m0/s1. The molecule has 0 bridgehead atoms. The molecule has 1 aromatic carbocycles. The Balaban J connectivity index is 1.25. The maximum Gasteiger partial charge on any atom is 0.326 e. The number of carbonyl (C=O) groups is 1. The van der Waals surface area contributed by atoms with E-state index >= 15 is 0 Å². The van der Waals surface area contributed by atoms with Crippen molar-refractivity contribution in [2.24, 2.45) is 0 Å². The average Bonchev–Trinajstić information content (AvgIpc) is 2.96. The Bertz CT molecular complexity index is 1140. The van der Waals surface area contributed by atoms with Crippen molar-refractivity contribution in [2.75, 3.05) is 50.5 Å². The van der Waals surface area contributed by atoms with E-state index in [1.165, 1.54) is 5.56 Å². The molecule has 1 aliphatic heterocycles. The highest BCUT2D eigenvalue weighted by Gasteiger charge is 2.19. The highest BCUT2D eigenvalue weighted by molar-refractivity contribution is 5.76. The number of aromatic nitrogens is 3. The third kappa shape index (κ3) is 8.22. The summed E-state index contributed by atoms with van der Waals surface area (Å²) in [6.07, 6.45) is 8.93. The molecule has 4 rings (SSSR count).